The van der Waals surface area contributed by atoms with Gasteiger partial charge in [-0.2, -0.15) is 0 Å². The molecule has 19 heavy (non-hydrogen) atoms. The van der Waals surface area contributed by atoms with Crippen LogP contribution in [0.4, 0.5) is 4.39 Å². The van der Waals surface area contributed by atoms with Gasteiger partial charge in [0.05, 0.1) is 12.4 Å². The van der Waals surface area contributed by atoms with Gasteiger partial charge in [-0.1, -0.05) is 11.6 Å². The van der Waals surface area contributed by atoms with Gasteiger partial charge in [0, 0.05) is 25.7 Å². The number of rotatable bonds is 4. The van der Waals surface area contributed by atoms with Crippen molar-refractivity contribution in [2.75, 3.05) is 26.3 Å². The highest BCUT2D eigenvalue weighted by molar-refractivity contribution is 6.29. The molecule has 1 amide bonds. The van der Waals surface area contributed by atoms with Gasteiger partial charge in [0.15, 0.2) is 0 Å². The molecule has 1 aromatic rings. The summed E-state index contributed by atoms with van der Waals surface area (Å²) in [5.74, 6) is -0.265. The average molecular weight is 287 g/mol. The second kappa shape index (κ2) is 6.77. The normalized spacial score (nSPS) is 17.4. The molecule has 0 spiro atoms. The smallest absolute Gasteiger partial charge is 0.271 e. The zero-order valence-electron chi connectivity index (χ0n) is 10.5. The van der Waals surface area contributed by atoms with E-state index in [-0.39, 0.29) is 29.5 Å². The predicted molar refractivity (Wildman–Crippen MR) is 69.9 cm³/mol. The van der Waals surface area contributed by atoms with Gasteiger partial charge in [0.1, 0.15) is 17.5 Å². The van der Waals surface area contributed by atoms with E-state index in [0.717, 1.165) is 25.9 Å². The highest BCUT2D eigenvalue weighted by Gasteiger charge is 2.21. The monoisotopic (exact) mass is 286 g/mol. The standard InChI is InChI=1S/C12H16ClFN4O/c13-11-8-15-7-10(17-11)12(19)16-9-1-4-18(5-2-9)6-3-14/h7-9H,1-6H2,(H,16,19). The van der Waals surface area contributed by atoms with Gasteiger partial charge in [-0.25, -0.2) is 9.37 Å². The third-order valence-corrected chi connectivity index (χ3v) is 3.34. The average Bonchev–Trinajstić information content (AvgIpc) is 2.41. The van der Waals surface area contributed by atoms with Crippen molar-refractivity contribution in [3.63, 3.8) is 0 Å². The van der Waals surface area contributed by atoms with Gasteiger partial charge in [-0.15, -0.1) is 0 Å². The highest BCUT2D eigenvalue weighted by atomic mass is 35.5. The molecular weight excluding hydrogens is 271 g/mol. The van der Waals surface area contributed by atoms with E-state index in [2.05, 4.69) is 20.2 Å². The van der Waals surface area contributed by atoms with Crippen LogP contribution in [0.1, 0.15) is 23.3 Å². The third-order valence-electron chi connectivity index (χ3n) is 3.16. The molecule has 1 aliphatic heterocycles. The molecule has 5 nitrogen and oxygen atoms in total. The first-order valence-electron chi connectivity index (χ1n) is 6.26. The fraction of sp³-hybridized carbons (Fsp3) is 0.583. The van der Waals surface area contributed by atoms with Crippen LogP contribution in [-0.4, -0.2) is 53.1 Å². The molecule has 1 saturated heterocycles. The van der Waals surface area contributed by atoms with Gasteiger partial charge >= 0.3 is 0 Å². The van der Waals surface area contributed by atoms with E-state index >= 15 is 0 Å². The first kappa shape index (κ1) is 14.1. The van der Waals surface area contributed by atoms with Gasteiger partial charge in [-0.05, 0) is 12.8 Å². The molecular formula is C12H16ClFN4O. The number of nitrogens with one attached hydrogen (secondary N) is 1. The number of hydrogen-bond acceptors (Lipinski definition) is 4. The van der Waals surface area contributed by atoms with Crippen molar-refractivity contribution < 1.29 is 9.18 Å². The number of nitrogens with zero attached hydrogens (tertiary/aromatic N) is 3. The largest absolute Gasteiger partial charge is 0.348 e. The molecule has 0 aliphatic carbocycles. The summed E-state index contributed by atoms with van der Waals surface area (Å²) in [5, 5.41) is 3.10. The summed E-state index contributed by atoms with van der Waals surface area (Å²) in [7, 11) is 0. The molecule has 0 atom stereocenters. The number of hydrogen-bond donors (Lipinski definition) is 1. The molecule has 0 aromatic carbocycles. The maximum Gasteiger partial charge on any atom is 0.271 e. The number of halogens is 2. The van der Waals surface area contributed by atoms with Crippen molar-refractivity contribution in [1.82, 2.24) is 20.2 Å². The Bertz CT molecular complexity index is 437. The molecule has 0 bridgehead atoms. The fourth-order valence-electron chi connectivity index (χ4n) is 2.13. The Kier molecular flexibility index (Phi) is 5.04. The van der Waals surface area contributed by atoms with Crippen LogP contribution in [0.5, 0.6) is 0 Å². The summed E-state index contributed by atoms with van der Waals surface area (Å²) < 4.78 is 12.2. The molecule has 1 fully saturated rings. The van der Waals surface area contributed by atoms with E-state index in [1.807, 2.05) is 0 Å². The lowest BCUT2D eigenvalue weighted by molar-refractivity contribution is 0.0903. The number of carbonyl (C=O) groups excluding carboxylic acids is 1. The predicted octanol–water partition coefficient (Wildman–Crippen LogP) is 1.29. The maximum atomic E-state index is 12.2. The Morgan fingerprint density at radius 2 is 2.21 bits per heavy atom. The van der Waals surface area contributed by atoms with E-state index in [9.17, 15) is 9.18 Å². The Morgan fingerprint density at radius 1 is 1.47 bits per heavy atom. The third kappa shape index (κ3) is 4.11. The molecule has 2 rings (SSSR count). The van der Waals surface area contributed by atoms with Crippen molar-refractivity contribution in [3.8, 4) is 0 Å². The first-order valence-corrected chi connectivity index (χ1v) is 6.63. The summed E-state index contributed by atoms with van der Waals surface area (Å²) in [6.07, 6.45) is 4.41. The number of amides is 1. The molecule has 7 heteroatoms. The first-order chi connectivity index (χ1) is 9.19. The van der Waals surface area contributed by atoms with E-state index in [1.165, 1.54) is 12.4 Å². The molecule has 0 saturated carbocycles. The van der Waals surface area contributed by atoms with Crippen LogP contribution in [0.3, 0.4) is 0 Å². The molecule has 2 heterocycles. The van der Waals surface area contributed by atoms with Gasteiger partial charge in [0.25, 0.3) is 5.91 Å². The molecule has 0 unspecified atom stereocenters. The number of piperidine rings is 1. The van der Waals surface area contributed by atoms with Crippen LogP contribution in [0.25, 0.3) is 0 Å². The van der Waals surface area contributed by atoms with E-state index in [0.29, 0.717) is 6.54 Å². The van der Waals surface area contributed by atoms with E-state index < -0.39 is 0 Å². The van der Waals surface area contributed by atoms with Crippen molar-refractivity contribution in [2.24, 2.45) is 0 Å². The van der Waals surface area contributed by atoms with Crippen molar-refractivity contribution in [3.05, 3.63) is 23.2 Å². The number of likely N-dealkylation sites (tertiary alicyclic amines) is 1. The Balaban J connectivity index is 1.84. The summed E-state index contributed by atoms with van der Waals surface area (Å²) in [6.45, 7) is 1.75. The van der Waals surface area contributed by atoms with Crippen LogP contribution in [-0.2, 0) is 0 Å². The molecule has 1 aliphatic rings. The van der Waals surface area contributed by atoms with Crippen molar-refractivity contribution >= 4 is 17.5 Å². The number of aromatic nitrogens is 2. The Morgan fingerprint density at radius 3 is 2.84 bits per heavy atom. The molecule has 1 N–H and O–H groups in total. The van der Waals surface area contributed by atoms with Crippen LogP contribution in [0.15, 0.2) is 12.4 Å². The summed E-state index contributed by atoms with van der Waals surface area (Å²) >= 11 is 5.69. The topological polar surface area (TPSA) is 58.1 Å². The maximum absolute atomic E-state index is 12.2. The van der Waals surface area contributed by atoms with Crippen LogP contribution in [0, 0.1) is 0 Å². The lowest BCUT2D eigenvalue weighted by Crippen LogP contribution is -2.45. The number of carbonyl (C=O) groups is 1. The minimum absolute atomic E-state index is 0.101. The Labute approximate surface area is 116 Å². The summed E-state index contributed by atoms with van der Waals surface area (Å²) in [5.41, 5.74) is 0.221. The minimum atomic E-state index is -0.324. The van der Waals surface area contributed by atoms with E-state index in [4.69, 9.17) is 11.6 Å². The van der Waals surface area contributed by atoms with Gasteiger partial charge in [0.2, 0.25) is 0 Å². The zero-order valence-corrected chi connectivity index (χ0v) is 11.2. The fourth-order valence-corrected chi connectivity index (χ4v) is 2.28. The van der Waals surface area contributed by atoms with Gasteiger partial charge < -0.3 is 10.2 Å². The Hall–Kier alpha value is -1.27. The minimum Gasteiger partial charge on any atom is -0.348 e. The van der Waals surface area contributed by atoms with E-state index in [1.54, 1.807) is 0 Å². The SMILES string of the molecule is O=C(NC1CCN(CCF)CC1)c1cncc(Cl)n1. The molecule has 1 aromatic heterocycles. The van der Waals surface area contributed by atoms with Crippen molar-refractivity contribution in [1.29, 1.82) is 0 Å². The number of alkyl halides is 1. The molecule has 0 radical (unpaired) electrons. The van der Waals surface area contributed by atoms with Gasteiger partial charge in [-0.3, -0.25) is 9.78 Å². The second-order valence-corrected chi connectivity index (χ2v) is 4.89. The van der Waals surface area contributed by atoms with Crippen LogP contribution >= 0.6 is 11.6 Å². The van der Waals surface area contributed by atoms with Crippen molar-refractivity contribution in [2.45, 2.75) is 18.9 Å². The lowest BCUT2D eigenvalue weighted by Gasteiger charge is -2.31. The summed E-state index contributed by atoms with van der Waals surface area (Å²) in [6, 6.07) is 0.101. The lowest BCUT2D eigenvalue weighted by atomic mass is 10.0. The van der Waals surface area contributed by atoms with Crippen LogP contribution in [0.2, 0.25) is 5.15 Å². The highest BCUT2D eigenvalue weighted by Crippen LogP contribution is 2.11. The zero-order chi connectivity index (χ0) is 13.7. The quantitative estimate of drug-likeness (QED) is 0.906. The molecule has 104 valence electrons. The van der Waals surface area contributed by atoms with Crippen LogP contribution < -0.4 is 5.32 Å². The second-order valence-electron chi connectivity index (χ2n) is 4.51. The summed E-state index contributed by atoms with van der Waals surface area (Å²) in [4.78, 5) is 21.7.